The molecule has 0 atom stereocenters. The van der Waals surface area contributed by atoms with Gasteiger partial charge in [-0.2, -0.15) is 0 Å². The number of carbonyl (C=O) groups excluding carboxylic acids is 1. The summed E-state index contributed by atoms with van der Waals surface area (Å²) in [5.41, 5.74) is 2.01. The number of para-hydroxylation sites is 1. The van der Waals surface area contributed by atoms with Gasteiger partial charge in [-0.15, -0.1) is 0 Å². The van der Waals surface area contributed by atoms with Gasteiger partial charge in [0.25, 0.3) is 5.91 Å². The van der Waals surface area contributed by atoms with E-state index in [0.717, 1.165) is 11.3 Å². The van der Waals surface area contributed by atoms with E-state index in [2.05, 4.69) is 15.3 Å². The van der Waals surface area contributed by atoms with Crippen molar-refractivity contribution in [1.29, 1.82) is 0 Å². The molecule has 0 unspecified atom stereocenters. The maximum atomic E-state index is 13.0. The number of nitrogens with zero attached hydrogens (tertiary/aromatic N) is 3. The fraction of sp³-hybridized carbons (Fsp3) is 0.150. The molecule has 5 nitrogen and oxygen atoms in total. The Morgan fingerprint density at radius 1 is 1.08 bits per heavy atom. The number of nitrogens with one attached hydrogen (secondary N) is 1. The zero-order valence-electron chi connectivity index (χ0n) is 14.6. The molecule has 0 bridgehead atoms. The molecule has 0 aliphatic heterocycles. The van der Waals surface area contributed by atoms with Crippen LogP contribution in [0.25, 0.3) is 0 Å². The summed E-state index contributed by atoms with van der Waals surface area (Å²) in [6, 6.07) is 17.2. The maximum absolute atomic E-state index is 13.0. The number of aryl methyl sites for hydroxylation is 1. The normalized spacial score (nSPS) is 10.4. The second-order valence-electron chi connectivity index (χ2n) is 5.87. The molecule has 3 aromatic rings. The molecule has 6 heteroatoms. The van der Waals surface area contributed by atoms with E-state index in [4.69, 9.17) is 0 Å². The lowest BCUT2D eigenvalue weighted by atomic mass is 10.2. The van der Waals surface area contributed by atoms with Crippen molar-refractivity contribution in [2.24, 2.45) is 0 Å². The lowest BCUT2D eigenvalue weighted by molar-refractivity contribution is 0.0988. The van der Waals surface area contributed by atoms with Crippen LogP contribution in [0, 0.1) is 12.7 Å². The Morgan fingerprint density at radius 2 is 1.77 bits per heavy atom. The largest absolute Gasteiger partial charge is 0.366 e. The summed E-state index contributed by atoms with van der Waals surface area (Å²) in [4.78, 5) is 22.8. The first-order valence-electron chi connectivity index (χ1n) is 8.20. The van der Waals surface area contributed by atoms with Crippen LogP contribution >= 0.6 is 0 Å². The van der Waals surface area contributed by atoms with Crippen LogP contribution in [0.3, 0.4) is 0 Å². The summed E-state index contributed by atoms with van der Waals surface area (Å²) < 4.78 is 13.0. The van der Waals surface area contributed by atoms with E-state index in [9.17, 15) is 9.18 Å². The van der Waals surface area contributed by atoms with E-state index in [-0.39, 0.29) is 11.7 Å². The minimum absolute atomic E-state index is 0.216. The van der Waals surface area contributed by atoms with Gasteiger partial charge in [0.1, 0.15) is 23.2 Å². The fourth-order valence-electron chi connectivity index (χ4n) is 2.50. The number of hydrogen-bond donors (Lipinski definition) is 1. The highest BCUT2D eigenvalue weighted by Crippen LogP contribution is 2.16. The van der Waals surface area contributed by atoms with E-state index >= 15 is 0 Å². The van der Waals surface area contributed by atoms with Gasteiger partial charge < -0.3 is 10.2 Å². The third-order valence-electron chi connectivity index (χ3n) is 3.89. The second-order valence-corrected chi connectivity index (χ2v) is 5.87. The molecule has 1 aromatic heterocycles. The molecule has 1 heterocycles. The molecule has 1 N–H and O–H groups in total. The Morgan fingerprint density at radius 3 is 2.46 bits per heavy atom. The van der Waals surface area contributed by atoms with Crippen LogP contribution in [0.5, 0.6) is 0 Å². The molecule has 1 amide bonds. The predicted molar refractivity (Wildman–Crippen MR) is 99.7 cm³/mol. The molecule has 0 aliphatic rings. The highest BCUT2D eigenvalue weighted by atomic mass is 19.1. The molecule has 132 valence electrons. The minimum atomic E-state index is -0.275. The summed E-state index contributed by atoms with van der Waals surface area (Å²) in [7, 11) is 1.71. The zero-order valence-corrected chi connectivity index (χ0v) is 14.6. The molecule has 0 saturated carbocycles. The summed E-state index contributed by atoms with van der Waals surface area (Å²) in [6.07, 6.45) is 0. The first kappa shape index (κ1) is 17.5. The number of carbonyl (C=O) groups is 1. The van der Waals surface area contributed by atoms with Gasteiger partial charge in [-0.25, -0.2) is 14.4 Å². The number of benzene rings is 2. The molecular weight excluding hydrogens is 331 g/mol. The van der Waals surface area contributed by atoms with E-state index in [0.29, 0.717) is 23.9 Å². The Labute approximate surface area is 151 Å². The number of aromatic nitrogens is 2. The van der Waals surface area contributed by atoms with E-state index < -0.39 is 0 Å². The maximum Gasteiger partial charge on any atom is 0.276 e. The second kappa shape index (κ2) is 7.74. The van der Waals surface area contributed by atoms with Crippen LogP contribution in [-0.2, 0) is 6.54 Å². The summed E-state index contributed by atoms with van der Waals surface area (Å²) >= 11 is 0. The van der Waals surface area contributed by atoms with Crippen molar-refractivity contribution in [3.63, 3.8) is 0 Å². The van der Waals surface area contributed by atoms with Crippen molar-refractivity contribution in [2.45, 2.75) is 13.5 Å². The van der Waals surface area contributed by atoms with E-state index in [1.54, 1.807) is 37.1 Å². The first-order valence-corrected chi connectivity index (χ1v) is 8.20. The Bertz CT molecular complexity index is 897. The van der Waals surface area contributed by atoms with Crippen molar-refractivity contribution in [3.05, 3.63) is 83.6 Å². The Balaban J connectivity index is 1.76. The molecule has 26 heavy (non-hydrogen) atoms. The molecule has 2 aromatic carbocycles. The number of anilines is 2. The molecular formula is C20H19FN4O. The van der Waals surface area contributed by atoms with Crippen LogP contribution in [0.4, 0.5) is 15.9 Å². The van der Waals surface area contributed by atoms with Crippen LogP contribution in [0.15, 0.2) is 60.7 Å². The molecule has 0 spiro atoms. The molecule has 0 fully saturated rings. The van der Waals surface area contributed by atoms with Crippen molar-refractivity contribution >= 4 is 17.4 Å². The van der Waals surface area contributed by atoms with Crippen molar-refractivity contribution in [1.82, 2.24) is 9.97 Å². The van der Waals surface area contributed by atoms with Gasteiger partial charge in [0.05, 0.1) is 0 Å². The zero-order chi connectivity index (χ0) is 18.5. The lowest BCUT2D eigenvalue weighted by Gasteiger charge is -2.17. The van der Waals surface area contributed by atoms with Gasteiger partial charge in [-0.3, -0.25) is 4.79 Å². The quantitative estimate of drug-likeness (QED) is 0.760. The summed E-state index contributed by atoms with van der Waals surface area (Å²) in [5, 5.41) is 3.15. The molecule has 0 saturated heterocycles. The monoisotopic (exact) mass is 350 g/mol. The fourth-order valence-corrected chi connectivity index (χ4v) is 2.50. The number of halogens is 1. The smallest absolute Gasteiger partial charge is 0.276 e. The van der Waals surface area contributed by atoms with Crippen molar-refractivity contribution in [2.75, 3.05) is 17.3 Å². The van der Waals surface area contributed by atoms with Crippen LogP contribution in [0.1, 0.15) is 21.9 Å². The van der Waals surface area contributed by atoms with Crippen LogP contribution in [-0.4, -0.2) is 22.9 Å². The Hall–Kier alpha value is -3.28. The summed E-state index contributed by atoms with van der Waals surface area (Å²) in [5.74, 6) is 0.556. The molecule has 3 rings (SSSR count). The number of hydrogen-bond acceptors (Lipinski definition) is 4. The first-order chi connectivity index (χ1) is 12.5. The van der Waals surface area contributed by atoms with Gasteiger partial charge in [0.15, 0.2) is 0 Å². The van der Waals surface area contributed by atoms with Crippen molar-refractivity contribution in [3.8, 4) is 0 Å². The number of rotatable bonds is 5. The van der Waals surface area contributed by atoms with Gasteiger partial charge in [0, 0.05) is 25.3 Å². The highest BCUT2D eigenvalue weighted by molar-refractivity contribution is 6.04. The van der Waals surface area contributed by atoms with Gasteiger partial charge in [-0.1, -0.05) is 30.3 Å². The summed E-state index contributed by atoms with van der Waals surface area (Å²) in [6.45, 7) is 2.21. The van der Waals surface area contributed by atoms with E-state index in [1.807, 2.05) is 30.3 Å². The lowest BCUT2D eigenvalue weighted by Crippen LogP contribution is -2.27. The van der Waals surface area contributed by atoms with Crippen LogP contribution < -0.4 is 10.2 Å². The SMILES string of the molecule is Cc1nc(NCc2ccc(F)cc2)cc(C(=O)N(C)c2ccccc2)n1. The van der Waals surface area contributed by atoms with Gasteiger partial charge in [0.2, 0.25) is 0 Å². The van der Waals surface area contributed by atoms with Crippen LogP contribution in [0.2, 0.25) is 0 Å². The Kier molecular flexibility index (Phi) is 5.22. The average Bonchev–Trinajstić information content (AvgIpc) is 2.66. The van der Waals surface area contributed by atoms with Gasteiger partial charge >= 0.3 is 0 Å². The minimum Gasteiger partial charge on any atom is -0.366 e. The topological polar surface area (TPSA) is 58.1 Å². The van der Waals surface area contributed by atoms with Gasteiger partial charge in [-0.05, 0) is 36.8 Å². The number of amides is 1. The highest BCUT2D eigenvalue weighted by Gasteiger charge is 2.16. The standard InChI is InChI=1S/C20H19FN4O/c1-14-23-18(20(26)25(2)17-6-4-3-5-7-17)12-19(24-14)22-13-15-8-10-16(21)11-9-15/h3-12H,13H2,1-2H3,(H,22,23,24). The molecule has 0 aliphatic carbocycles. The van der Waals surface area contributed by atoms with E-state index in [1.165, 1.54) is 12.1 Å². The molecule has 0 radical (unpaired) electrons. The average molecular weight is 350 g/mol. The predicted octanol–water partition coefficient (Wildman–Crippen LogP) is 3.81. The third kappa shape index (κ3) is 4.22. The third-order valence-corrected chi connectivity index (χ3v) is 3.89. The van der Waals surface area contributed by atoms with Crippen molar-refractivity contribution < 1.29 is 9.18 Å².